The van der Waals surface area contributed by atoms with Crippen LogP contribution in [0.1, 0.15) is 22.6 Å². The van der Waals surface area contributed by atoms with E-state index < -0.39 is 0 Å². The number of nitrogens with one attached hydrogen (secondary N) is 1. The number of oxazole rings is 1. The lowest BCUT2D eigenvalue weighted by molar-refractivity contribution is -0.118. The summed E-state index contributed by atoms with van der Waals surface area (Å²) in [6.07, 6.45) is 0. The van der Waals surface area contributed by atoms with Crippen LogP contribution in [0.4, 0.5) is 4.39 Å². The van der Waals surface area contributed by atoms with E-state index in [1.807, 2.05) is 25.3 Å². The Morgan fingerprint density at radius 2 is 2.04 bits per heavy atom. The molecule has 0 bridgehead atoms. The van der Waals surface area contributed by atoms with E-state index >= 15 is 0 Å². The number of benzene rings is 1. The summed E-state index contributed by atoms with van der Waals surface area (Å²) in [6.45, 7) is 4.32. The molecule has 0 radical (unpaired) electrons. The minimum Gasteiger partial charge on any atom is -0.440 e. The van der Waals surface area contributed by atoms with Crippen LogP contribution in [-0.2, 0) is 17.1 Å². The molecule has 2 heterocycles. The number of amides is 1. The molecule has 0 aliphatic heterocycles. The van der Waals surface area contributed by atoms with E-state index in [0.29, 0.717) is 23.9 Å². The van der Waals surface area contributed by atoms with E-state index in [9.17, 15) is 9.18 Å². The van der Waals surface area contributed by atoms with Crippen molar-refractivity contribution in [1.29, 1.82) is 0 Å². The minimum atomic E-state index is -0.282. The smallest absolute Gasteiger partial charge is 0.237 e. The van der Waals surface area contributed by atoms with Gasteiger partial charge in [-0.1, -0.05) is 12.1 Å². The number of thiophene rings is 1. The number of aryl methyl sites for hydroxylation is 2. The highest BCUT2D eigenvalue weighted by Gasteiger charge is 2.14. The maximum absolute atomic E-state index is 12.9. The molecule has 2 aromatic heterocycles. The number of carbonyl (C=O) groups excluding carboxylic acids is 1. The number of aromatic nitrogens is 1. The van der Waals surface area contributed by atoms with Gasteiger partial charge in [-0.15, -0.1) is 23.1 Å². The van der Waals surface area contributed by atoms with E-state index in [0.717, 1.165) is 27.5 Å². The molecule has 1 N–H and O–H groups in total. The minimum absolute atomic E-state index is 0.0604. The molecule has 3 rings (SSSR count). The Kier molecular flexibility index (Phi) is 6.11. The second-order valence-corrected chi connectivity index (χ2v) is 7.75. The Morgan fingerprint density at radius 3 is 2.73 bits per heavy atom. The van der Waals surface area contributed by atoms with Crippen LogP contribution in [0.15, 0.2) is 40.1 Å². The molecule has 1 amide bonds. The third-order valence-electron chi connectivity index (χ3n) is 3.82. The van der Waals surface area contributed by atoms with Gasteiger partial charge in [0.25, 0.3) is 0 Å². The molecule has 4 nitrogen and oxygen atoms in total. The summed E-state index contributed by atoms with van der Waals surface area (Å²) in [7, 11) is 0. The number of hydrogen-bond donors (Lipinski definition) is 1. The maximum Gasteiger partial charge on any atom is 0.237 e. The summed E-state index contributed by atoms with van der Waals surface area (Å²) in [5.41, 5.74) is 2.88. The Bertz CT molecular complexity index is 887. The van der Waals surface area contributed by atoms with Crippen LogP contribution in [0.25, 0.3) is 10.8 Å². The molecule has 0 unspecified atom stereocenters. The van der Waals surface area contributed by atoms with Crippen LogP contribution < -0.4 is 5.32 Å². The van der Waals surface area contributed by atoms with Gasteiger partial charge in [0.15, 0.2) is 0 Å². The number of rotatable bonds is 7. The first-order valence-electron chi connectivity index (χ1n) is 8.12. The van der Waals surface area contributed by atoms with E-state index in [1.54, 1.807) is 23.5 Å². The highest BCUT2D eigenvalue weighted by atomic mass is 32.2. The van der Waals surface area contributed by atoms with Crippen molar-refractivity contribution in [2.75, 3.05) is 5.75 Å². The monoisotopic (exact) mass is 390 g/mol. The van der Waals surface area contributed by atoms with Crippen molar-refractivity contribution in [3.8, 4) is 10.8 Å². The predicted octanol–water partition coefficient (Wildman–Crippen LogP) is 4.71. The van der Waals surface area contributed by atoms with Crippen LogP contribution in [0.3, 0.4) is 0 Å². The molecular formula is C19H19FN2O2S2. The van der Waals surface area contributed by atoms with Gasteiger partial charge in [-0.05, 0) is 48.6 Å². The molecule has 0 saturated carbocycles. The van der Waals surface area contributed by atoms with Crippen LogP contribution >= 0.6 is 23.1 Å². The number of nitrogens with zero attached hydrogens (tertiary/aromatic N) is 1. The Labute approximate surface area is 159 Å². The van der Waals surface area contributed by atoms with Crippen molar-refractivity contribution in [2.45, 2.75) is 26.1 Å². The largest absolute Gasteiger partial charge is 0.440 e. The fourth-order valence-corrected chi connectivity index (χ4v) is 4.05. The van der Waals surface area contributed by atoms with Crippen molar-refractivity contribution in [2.24, 2.45) is 0 Å². The zero-order chi connectivity index (χ0) is 18.5. The Morgan fingerprint density at radius 1 is 1.27 bits per heavy atom. The first kappa shape index (κ1) is 18.7. The van der Waals surface area contributed by atoms with E-state index in [1.165, 1.54) is 23.9 Å². The fourth-order valence-electron chi connectivity index (χ4n) is 2.35. The Hall–Kier alpha value is -2.12. The molecule has 0 saturated heterocycles. The molecular weight excluding hydrogens is 371 g/mol. The van der Waals surface area contributed by atoms with Gasteiger partial charge in [0.2, 0.25) is 11.8 Å². The summed E-state index contributed by atoms with van der Waals surface area (Å²) < 4.78 is 18.6. The third kappa shape index (κ3) is 4.74. The first-order chi connectivity index (χ1) is 12.5. The molecule has 136 valence electrons. The van der Waals surface area contributed by atoms with Gasteiger partial charge < -0.3 is 9.73 Å². The maximum atomic E-state index is 12.9. The van der Waals surface area contributed by atoms with Gasteiger partial charge in [-0.2, -0.15) is 0 Å². The second kappa shape index (κ2) is 8.51. The molecule has 0 atom stereocenters. The van der Waals surface area contributed by atoms with E-state index in [-0.39, 0.29) is 11.7 Å². The van der Waals surface area contributed by atoms with Crippen molar-refractivity contribution in [3.63, 3.8) is 0 Å². The average molecular weight is 391 g/mol. The summed E-state index contributed by atoms with van der Waals surface area (Å²) >= 11 is 3.10. The van der Waals surface area contributed by atoms with Gasteiger partial charge >= 0.3 is 0 Å². The molecule has 0 aliphatic rings. The Balaban J connectivity index is 1.47. The van der Waals surface area contributed by atoms with Gasteiger partial charge in [0.05, 0.1) is 16.3 Å². The van der Waals surface area contributed by atoms with Crippen LogP contribution in [0.2, 0.25) is 0 Å². The number of halogens is 1. The number of thioether (sulfide) groups is 1. The molecule has 7 heteroatoms. The molecule has 26 heavy (non-hydrogen) atoms. The molecule has 0 aliphatic carbocycles. The lowest BCUT2D eigenvalue weighted by Gasteiger charge is -2.05. The molecule has 3 aromatic rings. The molecule has 1 aromatic carbocycles. The highest BCUT2D eigenvalue weighted by Crippen LogP contribution is 2.30. The fraction of sp³-hybridized carbons (Fsp3) is 0.263. The van der Waals surface area contributed by atoms with Crippen molar-refractivity contribution >= 4 is 29.0 Å². The van der Waals surface area contributed by atoms with Gasteiger partial charge in [0, 0.05) is 12.3 Å². The van der Waals surface area contributed by atoms with Crippen LogP contribution in [0, 0.1) is 19.7 Å². The van der Waals surface area contributed by atoms with Crippen LogP contribution in [-0.4, -0.2) is 16.6 Å². The van der Waals surface area contributed by atoms with Gasteiger partial charge in [0.1, 0.15) is 11.6 Å². The second-order valence-electron chi connectivity index (χ2n) is 5.85. The number of carbonyl (C=O) groups is 1. The van der Waals surface area contributed by atoms with Gasteiger partial charge in [-0.25, -0.2) is 9.37 Å². The molecule has 0 fully saturated rings. The zero-order valence-electron chi connectivity index (χ0n) is 14.5. The van der Waals surface area contributed by atoms with Crippen molar-refractivity contribution < 1.29 is 13.6 Å². The van der Waals surface area contributed by atoms with E-state index in [4.69, 9.17) is 4.42 Å². The van der Waals surface area contributed by atoms with Crippen molar-refractivity contribution in [1.82, 2.24) is 10.3 Å². The van der Waals surface area contributed by atoms with Crippen molar-refractivity contribution in [3.05, 3.63) is 64.1 Å². The average Bonchev–Trinajstić information content (AvgIpc) is 3.20. The summed E-state index contributed by atoms with van der Waals surface area (Å²) in [5.74, 6) is 2.04. The molecule has 0 spiro atoms. The third-order valence-corrected chi connectivity index (χ3v) is 5.77. The predicted molar refractivity (Wildman–Crippen MR) is 104 cm³/mol. The lowest BCUT2D eigenvalue weighted by Crippen LogP contribution is -2.24. The van der Waals surface area contributed by atoms with Gasteiger partial charge in [-0.3, -0.25) is 4.79 Å². The zero-order valence-corrected chi connectivity index (χ0v) is 16.2. The highest BCUT2D eigenvalue weighted by molar-refractivity contribution is 7.99. The standard InChI is InChI=1S/C19H19FN2O2S2/c1-12-7-8-26-18(12)19-22-16(13(2)24-19)10-25-11-17(23)21-9-14-3-5-15(20)6-4-14/h3-8H,9-11H2,1-2H3,(H,21,23). The van der Waals surface area contributed by atoms with E-state index in [2.05, 4.69) is 10.3 Å². The first-order valence-corrected chi connectivity index (χ1v) is 10.2. The normalized spacial score (nSPS) is 10.9. The summed E-state index contributed by atoms with van der Waals surface area (Å²) in [6, 6.07) is 8.14. The SMILES string of the molecule is Cc1ccsc1-c1nc(CSCC(=O)NCc2ccc(F)cc2)c(C)o1. The lowest BCUT2D eigenvalue weighted by atomic mass is 10.2. The summed E-state index contributed by atoms with van der Waals surface area (Å²) in [4.78, 5) is 17.6. The number of hydrogen-bond acceptors (Lipinski definition) is 5. The summed E-state index contributed by atoms with van der Waals surface area (Å²) in [5, 5.41) is 4.85. The quantitative estimate of drug-likeness (QED) is 0.635. The topological polar surface area (TPSA) is 55.1 Å². The van der Waals surface area contributed by atoms with Crippen LogP contribution in [0.5, 0.6) is 0 Å².